The summed E-state index contributed by atoms with van der Waals surface area (Å²) >= 11 is 0. The predicted octanol–water partition coefficient (Wildman–Crippen LogP) is 2.05. The fourth-order valence-electron chi connectivity index (χ4n) is 2.06. The van der Waals surface area contributed by atoms with Gasteiger partial charge in [-0.05, 0) is 44.7 Å². The first-order valence-corrected chi connectivity index (χ1v) is 7.19. The lowest BCUT2D eigenvalue weighted by Crippen LogP contribution is -2.24. The highest BCUT2D eigenvalue weighted by atomic mass is 16.5. The predicted molar refractivity (Wildman–Crippen MR) is 83.1 cm³/mol. The Morgan fingerprint density at radius 3 is 2.57 bits per heavy atom. The van der Waals surface area contributed by atoms with E-state index in [1.807, 2.05) is 45.0 Å². The Balaban J connectivity index is 2.35. The SMILES string of the molecule is CCNCc1nn(-c2ccc(OCC)cc2)c(C)cc1=O. The van der Waals surface area contributed by atoms with Gasteiger partial charge in [-0.2, -0.15) is 5.10 Å². The fraction of sp³-hybridized carbons (Fsp3) is 0.375. The zero-order valence-electron chi connectivity index (χ0n) is 12.7. The second-order valence-electron chi connectivity index (χ2n) is 4.72. The van der Waals surface area contributed by atoms with E-state index in [9.17, 15) is 4.79 Å². The highest BCUT2D eigenvalue weighted by molar-refractivity contribution is 5.38. The van der Waals surface area contributed by atoms with Crippen LogP contribution in [-0.4, -0.2) is 22.9 Å². The molecule has 1 N–H and O–H groups in total. The van der Waals surface area contributed by atoms with Crippen molar-refractivity contribution in [2.24, 2.45) is 0 Å². The van der Waals surface area contributed by atoms with E-state index in [4.69, 9.17) is 4.74 Å². The molecule has 21 heavy (non-hydrogen) atoms. The smallest absolute Gasteiger partial charge is 0.204 e. The average molecular weight is 287 g/mol. The summed E-state index contributed by atoms with van der Waals surface area (Å²) in [6.07, 6.45) is 0. The van der Waals surface area contributed by atoms with E-state index < -0.39 is 0 Å². The molecule has 1 heterocycles. The first-order chi connectivity index (χ1) is 10.2. The van der Waals surface area contributed by atoms with Gasteiger partial charge in [0, 0.05) is 18.3 Å². The van der Waals surface area contributed by atoms with Crippen molar-refractivity contribution in [3.05, 3.63) is 51.9 Å². The third-order valence-electron chi connectivity index (χ3n) is 3.11. The molecule has 2 rings (SSSR count). The minimum Gasteiger partial charge on any atom is -0.494 e. The number of ether oxygens (including phenoxy) is 1. The van der Waals surface area contributed by atoms with Crippen molar-refractivity contribution in [1.82, 2.24) is 15.1 Å². The number of aryl methyl sites for hydroxylation is 1. The largest absolute Gasteiger partial charge is 0.494 e. The molecule has 0 atom stereocenters. The Morgan fingerprint density at radius 2 is 1.95 bits per heavy atom. The Kier molecular flexibility index (Phi) is 5.11. The van der Waals surface area contributed by atoms with Crippen molar-refractivity contribution in [3.63, 3.8) is 0 Å². The lowest BCUT2D eigenvalue weighted by molar-refractivity contribution is 0.340. The number of hydrogen-bond donors (Lipinski definition) is 1. The normalized spacial score (nSPS) is 10.6. The van der Waals surface area contributed by atoms with Gasteiger partial charge in [0.25, 0.3) is 0 Å². The number of nitrogens with one attached hydrogen (secondary N) is 1. The molecular formula is C16H21N3O2. The Morgan fingerprint density at radius 1 is 1.24 bits per heavy atom. The molecule has 0 unspecified atom stereocenters. The number of nitrogens with zero attached hydrogens (tertiary/aromatic N) is 2. The van der Waals surface area contributed by atoms with Gasteiger partial charge in [-0.15, -0.1) is 0 Å². The lowest BCUT2D eigenvalue weighted by Gasteiger charge is -2.12. The van der Waals surface area contributed by atoms with Gasteiger partial charge in [-0.3, -0.25) is 4.79 Å². The Bertz CT molecular complexity index is 648. The van der Waals surface area contributed by atoms with Crippen LogP contribution in [0.3, 0.4) is 0 Å². The lowest BCUT2D eigenvalue weighted by atomic mass is 10.2. The van der Waals surface area contributed by atoms with Crippen LogP contribution in [0.4, 0.5) is 0 Å². The summed E-state index contributed by atoms with van der Waals surface area (Å²) in [7, 11) is 0. The number of aromatic nitrogens is 2. The fourth-order valence-corrected chi connectivity index (χ4v) is 2.06. The van der Waals surface area contributed by atoms with Crippen LogP contribution in [0.15, 0.2) is 35.1 Å². The van der Waals surface area contributed by atoms with Crippen LogP contribution < -0.4 is 15.5 Å². The molecular weight excluding hydrogens is 266 g/mol. The van der Waals surface area contributed by atoms with Gasteiger partial charge in [-0.25, -0.2) is 4.68 Å². The summed E-state index contributed by atoms with van der Waals surface area (Å²) in [5, 5.41) is 7.59. The maximum absolute atomic E-state index is 11.9. The zero-order valence-corrected chi connectivity index (χ0v) is 12.7. The van der Waals surface area contributed by atoms with Crippen LogP contribution in [-0.2, 0) is 6.54 Å². The Labute approximate surface area is 124 Å². The molecule has 0 radical (unpaired) electrons. The van der Waals surface area contributed by atoms with Crippen molar-refractivity contribution < 1.29 is 4.74 Å². The molecule has 0 bridgehead atoms. The minimum atomic E-state index is -0.0318. The molecule has 0 saturated heterocycles. The monoisotopic (exact) mass is 287 g/mol. The van der Waals surface area contributed by atoms with Gasteiger partial charge < -0.3 is 10.1 Å². The second-order valence-corrected chi connectivity index (χ2v) is 4.72. The molecule has 112 valence electrons. The van der Waals surface area contributed by atoms with Crippen LogP contribution in [0.5, 0.6) is 5.75 Å². The van der Waals surface area contributed by atoms with Crippen molar-refractivity contribution in [3.8, 4) is 11.4 Å². The maximum Gasteiger partial charge on any atom is 0.204 e. The molecule has 0 aliphatic heterocycles. The summed E-state index contributed by atoms with van der Waals surface area (Å²) in [4.78, 5) is 11.9. The highest BCUT2D eigenvalue weighted by Crippen LogP contribution is 2.15. The molecule has 0 spiro atoms. The van der Waals surface area contributed by atoms with Crippen LogP contribution in [0.1, 0.15) is 25.2 Å². The molecule has 1 aromatic heterocycles. The van der Waals surface area contributed by atoms with Gasteiger partial charge >= 0.3 is 0 Å². The highest BCUT2D eigenvalue weighted by Gasteiger charge is 2.07. The molecule has 2 aromatic rings. The summed E-state index contributed by atoms with van der Waals surface area (Å²) in [5.41, 5.74) is 2.21. The van der Waals surface area contributed by atoms with Gasteiger partial charge in [0.1, 0.15) is 11.4 Å². The minimum absolute atomic E-state index is 0.0318. The van der Waals surface area contributed by atoms with Crippen LogP contribution in [0.2, 0.25) is 0 Å². The van der Waals surface area contributed by atoms with E-state index in [1.165, 1.54) is 0 Å². The van der Waals surface area contributed by atoms with Crippen molar-refractivity contribution in [2.45, 2.75) is 27.3 Å². The van der Waals surface area contributed by atoms with Gasteiger partial charge in [-0.1, -0.05) is 6.92 Å². The van der Waals surface area contributed by atoms with Crippen molar-refractivity contribution in [1.29, 1.82) is 0 Å². The standard InChI is InChI=1S/C16H21N3O2/c1-4-17-11-15-16(20)10-12(3)19(18-15)13-6-8-14(9-7-13)21-5-2/h6-10,17H,4-5,11H2,1-3H3. The third kappa shape index (κ3) is 3.70. The van der Waals surface area contributed by atoms with Crippen molar-refractivity contribution >= 4 is 0 Å². The van der Waals surface area contributed by atoms with Gasteiger partial charge in [0.15, 0.2) is 0 Å². The van der Waals surface area contributed by atoms with E-state index in [0.717, 1.165) is 23.7 Å². The first-order valence-electron chi connectivity index (χ1n) is 7.19. The van der Waals surface area contributed by atoms with E-state index in [-0.39, 0.29) is 5.43 Å². The maximum atomic E-state index is 11.9. The second kappa shape index (κ2) is 7.04. The van der Waals surface area contributed by atoms with Crippen LogP contribution in [0, 0.1) is 6.92 Å². The molecule has 5 nitrogen and oxygen atoms in total. The summed E-state index contributed by atoms with van der Waals surface area (Å²) in [5.74, 6) is 0.827. The molecule has 0 saturated carbocycles. The van der Waals surface area contributed by atoms with Crippen LogP contribution >= 0.6 is 0 Å². The average Bonchev–Trinajstić information content (AvgIpc) is 2.48. The van der Waals surface area contributed by atoms with E-state index in [0.29, 0.717) is 18.8 Å². The summed E-state index contributed by atoms with van der Waals surface area (Å²) in [6.45, 7) is 7.75. The number of benzene rings is 1. The van der Waals surface area contributed by atoms with Crippen LogP contribution in [0.25, 0.3) is 5.69 Å². The molecule has 5 heteroatoms. The molecule has 0 aliphatic carbocycles. The molecule has 0 amide bonds. The number of rotatable bonds is 6. The molecule has 0 aliphatic rings. The summed E-state index contributed by atoms with van der Waals surface area (Å²) < 4.78 is 7.21. The van der Waals surface area contributed by atoms with Gasteiger partial charge in [0.2, 0.25) is 5.43 Å². The third-order valence-corrected chi connectivity index (χ3v) is 3.11. The van der Waals surface area contributed by atoms with Crippen molar-refractivity contribution in [2.75, 3.05) is 13.2 Å². The summed E-state index contributed by atoms with van der Waals surface area (Å²) in [6, 6.07) is 9.30. The quantitative estimate of drug-likeness (QED) is 0.883. The molecule has 0 fully saturated rings. The van der Waals surface area contributed by atoms with Gasteiger partial charge in [0.05, 0.1) is 12.3 Å². The van der Waals surface area contributed by atoms with E-state index in [2.05, 4.69) is 10.4 Å². The molecule has 1 aromatic carbocycles. The first kappa shape index (κ1) is 15.3. The topological polar surface area (TPSA) is 56.1 Å². The number of hydrogen-bond acceptors (Lipinski definition) is 4. The van der Waals surface area contributed by atoms with E-state index >= 15 is 0 Å². The zero-order chi connectivity index (χ0) is 15.2. The Hall–Kier alpha value is -2.14. The van der Waals surface area contributed by atoms with E-state index in [1.54, 1.807) is 10.7 Å².